The van der Waals surface area contributed by atoms with Gasteiger partial charge in [-0.25, -0.2) is 4.98 Å². The fraction of sp³-hybridized carbons (Fsp3) is 0.344. The number of fused-ring (bicyclic) bond motifs is 1. The molecule has 244 valence electrons. The van der Waals surface area contributed by atoms with E-state index in [-0.39, 0.29) is 12.5 Å². The van der Waals surface area contributed by atoms with Gasteiger partial charge in [-0.3, -0.25) is 9.59 Å². The number of ether oxygens (including phenoxy) is 1. The Labute approximate surface area is 274 Å². The second-order valence-corrected chi connectivity index (χ2v) is 12.8. The molecule has 46 heavy (non-hydrogen) atoms. The number of amides is 2. The molecule has 3 N–H and O–H groups in total. The summed E-state index contributed by atoms with van der Waals surface area (Å²) in [6, 6.07) is 12.0. The lowest BCUT2D eigenvalue weighted by Gasteiger charge is -2.21. The van der Waals surface area contributed by atoms with Crippen LogP contribution in [0.1, 0.15) is 49.5 Å². The van der Waals surface area contributed by atoms with E-state index in [1.165, 1.54) is 12.1 Å². The summed E-state index contributed by atoms with van der Waals surface area (Å²) >= 11 is 13.3. The van der Waals surface area contributed by atoms with Crippen LogP contribution >= 0.6 is 23.2 Å². The van der Waals surface area contributed by atoms with E-state index >= 15 is 0 Å². The van der Waals surface area contributed by atoms with Crippen molar-refractivity contribution in [3.63, 3.8) is 0 Å². The lowest BCUT2D eigenvalue weighted by atomic mass is 9.95. The van der Waals surface area contributed by atoms with Crippen LogP contribution in [-0.4, -0.2) is 40.8 Å². The molecule has 0 atom stereocenters. The van der Waals surface area contributed by atoms with Crippen molar-refractivity contribution in [2.75, 3.05) is 28.6 Å². The lowest BCUT2D eigenvalue weighted by molar-refractivity contribution is -0.274. The second kappa shape index (κ2) is 12.9. The van der Waals surface area contributed by atoms with E-state index in [9.17, 15) is 22.8 Å². The van der Waals surface area contributed by atoms with Crippen LogP contribution in [0.15, 0.2) is 48.5 Å². The highest BCUT2D eigenvalue weighted by atomic mass is 35.5. The zero-order chi connectivity index (χ0) is 33.4. The third-order valence-corrected chi connectivity index (χ3v) is 8.31. The number of halogens is 5. The predicted octanol–water partition coefficient (Wildman–Crippen LogP) is 8.04. The second-order valence-electron chi connectivity index (χ2n) is 12.0. The molecule has 0 aliphatic carbocycles. The number of rotatable bonds is 8. The van der Waals surface area contributed by atoms with Gasteiger partial charge in [0.1, 0.15) is 5.75 Å². The van der Waals surface area contributed by atoms with Crippen LogP contribution < -0.4 is 25.6 Å². The summed E-state index contributed by atoms with van der Waals surface area (Å²) in [6.07, 6.45) is -2.87. The van der Waals surface area contributed by atoms with E-state index in [1.54, 1.807) is 18.2 Å². The van der Waals surface area contributed by atoms with Crippen molar-refractivity contribution in [1.82, 2.24) is 14.9 Å². The number of carbonyl (C=O) groups excluding carboxylic acids is 2. The molecule has 1 aliphatic rings. The molecule has 3 aromatic carbocycles. The first-order valence-electron chi connectivity index (χ1n) is 14.6. The summed E-state index contributed by atoms with van der Waals surface area (Å²) in [6.45, 7) is 7.21. The van der Waals surface area contributed by atoms with Crippen molar-refractivity contribution >= 4 is 69.1 Å². The molecule has 0 radical (unpaired) electrons. The van der Waals surface area contributed by atoms with Gasteiger partial charge in [0.15, 0.2) is 0 Å². The quantitative estimate of drug-likeness (QED) is 0.175. The van der Waals surface area contributed by atoms with Crippen LogP contribution in [-0.2, 0) is 18.4 Å². The van der Waals surface area contributed by atoms with Crippen molar-refractivity contribution < 1.29 is 27.5 Å². The van der Waals surface area contributed by atoms with Crippen LogP contribution in [0, 0.1) is 5.41 Å². The first kappa shape index (κ1) is 33.2. The molecule has 9 nitrogen and oxygen atoms in total. The number of carbonyl (C=O) groups is 2. The molecule has 0 saturated carbocycles. The normalized spacial score (nSPS) is 13.6. The molecule has 4 aromatic rings. The molecule has 1 aliphatic heterocycles. The molecule has 0 unspecified atom stereocenters. The Morgan fingerprint density at radius 3 is 2.30 bits per heavy atom. The Morgan fingerprint density at radius 2 is 1.67 bits per heavy atom. The van der Waals surface area contributed by atoms with E-state index in [1.807, 2.05) is 38.5 Å². The molecule has 0 bridgehead atoms. The zero-order valence-electron chi connectivity index (χ0n) is 25.6. The number of nitrogens with one attached hydrogen (secondary N) is 3. The van der Waals surface area contributed by atoms with Gasteiger partial charge in [-0.05, 0) is 60.9 Å². The average Bonchev–Trinajstić information content (AvgIpc) is 3.62. The first-order valence-corrected chi connectivity index (χ1v) is 15.3. The van der Waals surface area contributed by atoms with Crippen molar-refractivity contribution in [3.05, 3.63) is 69.7 Å². The standard InChI is InChI=1S/C32H33Cl2F3N6O3/c1-31(2,3)29(45)38-17-18-7-12-22(33)27(26(18)34)41-30-40-23-15-21(24(16-25(23)42(30)4)43-13-5-6-14-43)28(44)39-19-8-10-20(11-9-19)46-32(35,36)37/h7-12,15-16H,5-6,13-14,17H2,1-4H3,(H,38,45)(H,39,44)(H,40,41). The van der Waals surface area contributed by atoms with E-state index in [0.29, 0.717) is 49.7 Å². The molecule has 0 spiro atoms. The van der Waals surface area contributed by atoms with Gasteiger partial charge in [0.05, 0.1) is 38.0 Å². The largest absolute Gasteiger partial charge is 0.573 e. The van der Waals surface area contributed by atoms with Crippen LogP contribution in [0.4, 0.5) is 36.2 Å². The van der Waals surface area contributed by atoms with E-state index < -0.39 is 23.4 Å². The van der Waals surface area contributed by atoms with Crippen LogP contribution in [0.3, 0.4) is 0 Å². The Hall–Kier alpha value is -4.16. The maximum Gasteiger partial charge on any atom is 0.573 e. The van der Waals surface area contributed by atoms with Crippen LogP contribution in [0.2, 0.25) is 10.0 Å². The Bertz CT molecular complexity index is 1780. The SMILES string of the molecule is Cn1c(Nc2c(Cl)ccc(CNC(=O)C(C)(C)C)c2Cl)nc2cc(C(=O)Nc3ccc(OC(F)(F)F)cc3)c(N3CCCC3)cc21. The van der Waals surface area contributed by atoms with Gasteiger partial charge in [-0.1, -0.05) is 50.0 Å². The van der Waals surface area contributed by atoms with E-state index in [0.717, 1.165) is 43.6 Å². The average molecular weight is 678 g/mol. The minimum absolute atomic E-state index is 0.121. The topological polar surface area (TPSA) is 101 Å². The van der Waals surface area contributed by atoms with Gasteiger partial charge >= 0.3 is 6.36 Å². The lowest BCUT2D eigenvalue weighted by Crippen LogP contribution is -2.34. The minimum atomic E-state index is -4.82. The molecule has 1 aromatic heterocycles. The molecular formula is C32H33Cl2F3N6O3. The number of hydrogen-bond donors (Lipinski definition) is 3. The summed E-state index contributed by atoms with van der Waals surface area (Å²) in [5, 5.41) is 9.57. The Kier molecular flexibility index (Phi) is 9.33. The first-order chi connectivity index (χ1) is 21.6. The van der Waals surface area contributed by atoms with Crippen molar-refractivity contribution in [3.8, 4) is 5.75 Å². The summed E-state index contributed by atoms with van der Waals surface area (Å²) in [7, 11) is 1.82. The molecular weight excluding hydrogens is 644 g/mol. The molecule has 1 saturated heterocycles. The predicted molar refractivity (Wildman–Crippen MR) is 174 cm³/mol. The number of nitrogens with zero attached hydrogens (tertiary/aromatic N) is 3. The van der Waals surface area contributed by atoms with Gasteiger partial charge in [-0.2, -0.15) is 0 Å². The number of benzene rings is 3. The molecule has 14 heteroatoms. The third-order valence-electron chi connectivity index (χ3n) is 7.56. The highest BCUT2D eigenvalue weighted by Crippen LogP contribution is 2.37. The monoisotopic (exact) mass is 676 g/mol. The number of alkyl halides is 3. The maximum atomic E-state index is 13.6. The zero-order valence-corrected chi connectivity index (χ0v) is 27.1. The smallest absolute Gasteiger partial charge is 0.406 e. The van der Waals surface area contributed by atoms with Crippen LogP contribution in [0.25, 0.3) is 11.0 Å². The van der Waals surface area contributed by atoms with Crippen molar-refractivity contribution in [1.29, 1.82) is 0 Å². The van der Waals surface area contributed by atoms with Crippen molar-refractivity contribution in [2.24, 2.45) is 12.5 Å². The number of aryl methyl sites for hydroxylation is 1. The number of aromatic nitrogens is 2. The van der Waals surface area contributed by atoms with Gasteiger partial charge in [-0.15, -0.1) is 13.2 Å². The third kappa shape index (κ3) is 7.45. The van der Waals surface area contributed by atoms with Crippen molar-refractivity contribution in [2.45, 2.75) is 46.5 Å². The molecule has 2 heterocycles. The van der Waals surface area contributed by atoms with Gasteiger partial charge in [0.25, 0.3) is 5.91 Å². The molecule has 1 fully saturated rings. The summed E-state index contributed by atoms with van der Waals surface area (Å²) in [4.78, 5) is 32.8. The van der Waals surface area contributed by atoms with E-state index in [4.69, 9.17) is 28.2 Å². The fourth-order valence-electron chi connectivity index (χ4n) is 5.08. The Morgan fingerprint density at radius 1 is 1.00 bits per heavy atom. The summed E-state index contributed by atoms with van der Waals surface area (Å²) in [5.74, 6) is -0.535. The van der Waals surface area contributed by atoms with Gasteiger partial charge in [0.2, 0.25) is 11.9 Å². The summed E-state index contributed by atoms with van der Waals surface area (Å²) < 4.78 is 43.4. The fourth-order valence-corrected chi connectivity index (χ4v) is 5.61. The summed E-state index contributed by atoms with van der Waals surface area (Å²) in [5.41, 5.74) is 3.16. The highest BCUT2D eigenvalue weighted by molar-refractivity contribution is 6.39. The Balaban J connectivity index is 1.45. The highest BCUT2D eigenvalue weighted by Gasteiger charge is 2.31. The minimum Gasteiger partial charge on any atom is -0.406 e. The molecule has 5 rings (SSSR count). The number of hydrogen-bond acceptors (Lipinski definition) is 6. The van der Waals surface area contributed by atoms with E-state index in [2.05, 4.69) is 25.6 Å². The number of anilines is 4. The van der Waals surface area contributed by atoms with Gasteiger partial charge in [0, 0.05) is 37.8 Å². The molecule has 2 amide bonds. The van der Waals surface area contributed by atoms with Gasteiger partial charge < -0.3 is 30.2 Å². The number of imidazole rings is 1. The van der Waals surface area contributed by atoms with Crippen LogP contribution in [0.5, 0.6) is 5.75 Å². The maximum absolute atomic E-state index is 13.6.